The predicted octanol–water partition coefficient (Wildman–Crippen LogP) is 1.41. The van der Waals surface area contributed by atoms with Gasteiger partial charge in [-0.15, -0.1) is 0 Å². The molecule has 1 N–H and O–H groups in total. The van der Waals surface area contributed by atoms with Gasteiger partial charge in [-0.1, -0.05) is 0 Å². The van der Waals surface area contributed by atoms with Crippen molar-refractivity contribution in [3.05, 3.63) is 0 Å². The third kappa shape index (κ3) is 3.67. The molecule has 1 saturated heterocycles. The average molecular weight is 299 g/mol. The number of carbonyl (C=O) groups is 2. The van der Waals surface area contributed by atoms with E-state index in [1.807, 2.05) is 20.8 Å². The Morgan fingerprint density at radius 3 is 2.10 bits per heavy atom. The van der Waals surface area contributed by atoms with Gasteiger partial charge in [0.2, 0.25) is 0 Å². The number of aliphatic hydroxyl groups excluding tert-OH is 1. The number of fused-ring (bicyclic) bond motifs is 2. The Hall–Kier alpha value is -1.30. The first-order chi connectivity index (χ1) is 9.71. The van der Waals surface area contributed by atoms with Crippen molar-refractivity contribution in [2.24, 2.45) is 17.8 Å². The first-order valence-electron chi connectivity index (χ1n) is 7.45. The third-order valence-electron chi connectivity index (χ3n) is 4.24. The lowest BCUT2D eigenvalue weighted by atomic mass is 9.70. The maximum absolute atomic E-state index is 12.2. The average Bonchev–Trinajstić information content (AvgIpc) is 2.35. The zero-order valence-corrected chi connectivity index (χ0v) is 13.2. The number of ether oxygens (including phenoxy) is 2. The highest BCUT2D eigenvalue weighted by Gasteiger charge is 2.46. The summed E-state index contributed by atoms with van der Waals surface area (Å²) in [6, 6.07) is 0. The molecule has 21 heavy (non-hydrogen) atoms. The minimum absolute atomic E-state index is 0.0888. The van der Waals surface area contributed by atoms with Crippen LogP contribution >= 0.6 is 0 Å². The van der Waals surface area contributed by atoms with Gasteiger partial charge in [0, 0.05) is 24.9 Å². The topological polar surface area (TPSA) is 76.1 Å². The molecular formula is C15H25NO5. The van der Waals surface area contributed by atoms with Gasteiger partial charge in [0.1, 0.15) is 5.60 Å². The van der Waals surface area contributed by atoms with Crippen LogP contribution in [0.2, 0.25) is 0 Å². The molecule has 2 rings (SSSR count). The van der Waals surface area contributed by atoms with Gasteiger partial charge < -0.3 is 19.5 Å². The smallest absolute Gasteiger partial charge is 0.410 e. The molecule has 1 aliphatic heterocycles. The molecule has 0 aromatic rings. The Labute approximate surface area is 125 Å². The number of esters is 1. The lowest BCUT2D eigenvalue weighted by Crippen LogP contribution is -2.56. The summed E-state index contributed by atoms with van der Waals surface area (Å²) in [5.41, 5.74) is -0.531. The lowest BCUT2D eigenvalue weighted by Gasteiger charge is -2.46. The quantitative estimate of drug-likeness (QED) is 0.741. The maximum atomic E-state index is 12.2. The van der Waals surface area contributed by atoms with Crippen LogP contribution in [0.5, 0.6) is 0 Å². The maximum Gasteiger partial charge on any atom is 0.410 e. The van der Waals surface area contributed by atoms with Crippen molar-refractivity contribution in [3.63, 3.8) is 0 Å². The summed E-state index contributed by atoms with van der Waals surface area (Å²) in [5, 5.41) is 10.3. The largest absolute Gasteiger partial charge is 0.469 e. The SMILES string of the molecule is COC(=O)C1CC2CN(C(=O)OC(C)(C)C)CC(C1)C2O. The van der Waals surface area contributed by atoms with Crippen LogP contribution in [0.4, 0.5) is 4.79 Å². The molecule has 2 aliphatic rings. The number of amides is 1. The van der Waals surface area contributed by atoms with Crippen LogP contribution in [-0.4, -0.2) is 54.0 Å². The zero-order chi connectivity index (χ0) is 15.8. The Morgan fingerprint density at radius 2 is 1.67 bits per heavy atom. The van der Waals surface area contributed by atoms with Crippen LogP contribution in [0.25, 0.3) is 0 Å². The van der Waals surface area contributed by atoms with Crippen LogP contribution in [-0.2, 0) is 14.3 Å². The number of carbonyl (C=O) groups excluding carboxylic acids is 2. The van der Waals surface area contributed by atoms with Crippen LogP contribution < -0.4 is 0 Å². The summed E-state index contributed by atoms with van der Waals surface area (Å²) in [5.74, 6) is -0.569. The fraction of sp³-hybridized carbons (Fsp3) is 0.867. The van der Waals surface area contributed by atoms with Gasteiger partial charge in [-0.3, -0.25) is 4.79 Å². The number of rotatable bonds is 1. The molecule has 120 valence electrons. The number of likely N-dealkylation sites (tertiary alicyclic amines) is 1. The molecule has 1 amide bonds. The van der Waals surface area contributed by atoms with E-state index in [2.05, 4.69) is 0 Å². The molecule has 2 atom stereocenters. The fourth-order valence-electron chi connectivity index (χ4n) is 3.33. The number of piperidine rings is 1. The highest BCUT2D eigenvalue weighted by atomic mass is 16.6. The summed E-state index contributed by atoms with van der Waals surface area (Å²) >= 11 is 0. The van der Waals surface area contributed by atoms with Crippen molar-refractivity contribution >= 4 is 12.1 Å². The Kier molecular flexibility index (Phi) is 4.46. The standard InChI is InChI=1S/C15H25NO5/c1-15(2,3)21-14(19)16-7-10-5-9(13(18)20-4)6-11(8-16)12(10)17/h9-12,17H,5-8H2,1-4H3. The summed E-state index contributed by atoms with van der Waals surface area (Å²) in [6.45, 7) is 6.35. The second kappa shape index (κ2) is 5.83. The molecular weight excluding hydrogens is 274 g/mol. The minimum atomic E-state index is -0.531. The molecule has 1 heterocycles. The Morgan fingerprint density at radius 1 is 1.14 bits per heavy atom. The van der Waals surface area contributed by atoms with E-state index in [9.17, 15) is 14.7 Å². The highest BCUT2D eigenvalue weighted by molar-refractivity contribution is 5.73. The first kappa shape index (κ1) is 16.1. The summed E-state index contributed by atoms with van der Waals surface area (Å²) in [4.78, 5) is 25.5. The van der Waals surface area contributed by atoms with Gasteiger partial charge in [-0.2, -0.15) is 0 Å². The molecule has 0 spiro atoms. The van der Waals surface area contributed by atoms with Crippen molar-refractivity contribution in [2.45, 2.75) is 45.3 Å². The molecule has 0 aromatic carbocycles. The van der Waals surface area contributed by atoms with E-state index in [1.54, 1.807) is 4.90 Å². The molecule has 0 radical (unpaired) electrons. The second-order valence-corrected chi connectivity index (χ2v) is 7.09. The zero-order valence-electron chi connectivity index (χ0n) is 13.2. The van der Waals surface area contributed by atoms with Crippen molar-refractivity contribution in [1.29, 1.82) is 0 Å². The van der Waals surface area contributed by atoms with Crippen molar-refractivity contribution in [3.8, 4) is 0 Å². The number of methoxy groups -OCH3 is 1. The second-order valence-electron chi connectivity index (χ2n) is 7.09. The van der Waals surface area contributed by atoms with Gasteiger partial charge in [0.15, 0.2) is 0 Å². The van der Waals surface area contributed by atoms with E-state index >= 15 is 0 Å². The van der Waals surface area contributed by atoms with Gasteiger partial charge >= 0.3 is 12.1 Å². The monoisotopic (exact) mass is 299 g/mol. The molecule has 6 heteroatoms. The van der Waals surface area contributed by atoms with E-state index in [1.165, 1.54) is 7.11 Å². The first-order valence-corrected chi connectivity index (χ1v) is 7.45. The van der Waals surface area contributed by atoms with E-state index < -0.39 is 11.7 Å². The number of hydrogen-bond donors (Lipinski definition) is 1. The van der Waals surface area contributed by atoms with Crippen molar-refractivity contribution in [2.75, 3.05) is 20.2 Å². The predicted molar refractivity (Wildman–Crippen MR) is 75.5 cm³/mol. The number of aliphatic hydroxyl groups is 1. The Bertz CT molecular complexity index is 401. The van der Waals surface area contributed by atoms with Crippen molar-refractivity contribution in [1.82, 2.24) is 4.90 Å². The van der Waals surface area contributed by atoms with Gasteiger partial charge in [-0.25, -0.2) is 4.79 Å². The third-order valence-corrected chi connectivity index (χ3v) is 4.24. The van der Waals surface area contributed by atoms with Crippen LogP contribution in [0.1, 0.15) is 33.6 Å². The van der Waals surface area contributed by atoms with Gasteiger partial charge in [0.05, 0.1) is 19.1 Å². The van der Waals surface area contributed by atoms with E-state index in [-0.39, 0.29) is 29.8 Å². The van der Waals surface area contributed by atoms with Crippen molar-refractivity contribution < 1.29 is 24.2 Å². The molecule has 6 nitrogen and oxygen atoms in total. The van der Waals surface area contributed by atoms with Gasteiger partial charge in [0.25, 0.3) is 0 Å². The highest BCUT2D eigenvalue weighted by Crippen LogP contribution is 2.39. The van der Waals surface area contributed by atoms with E-state index in [0.717, 1.165) is 0 Å². The van der Waals surface area contributed by atoms with Crippen LogP contribution in [0.15, 0.2) is 0 Å². The molecule has 1 aliphatic carbocycles. The lowest BCUT2D eigenvalue weighted by molar-refractivity contribution is -0.152. The van der Waals surface area contributed by atoms with E-state index in [0.29, 0.717) is 25.9 Å². The normalized spacial score (nSPS) is 32.5. The van der Waals surface area contributed by atoms with Crippen LogP contribution in [0.3, 0.4) is 0 Å². The Balaban J connectivity index is 2.02. The number of hydrogen-bond acceptors (Lipinski definition) is 5. The fourth-order valence-corrected chi connectivity index (χ4v) is 3.33. The molecule has 2 bridgehead atoms. The molecule has 2 unspecified atom stereocenters. The summed E-state index contributed by atoms with van der Waals surface area (Å²) < 4.78 is 10.2. The molecule has 2 fully saturated rings. The summed E-state index contributed by atoms with van der Waals surface area (Å²) in [6.07, 6.45) is 0.318. The minimum Gasteiger partial charge on any atom is -0.469 e. The number of nitrogens with zero attached hydrogens (tertiary/aromatic N) is 1. The summed E-state index contributed by atoms with van der Waals surface area (Å²) in [7, 11) is 1.39. The van der Waals surface area contributed by atoms with E-state index in [4.69, 9.17) is 9.47 Å². The molecule has 0 aromatic heterocycles. The van der Waals surface area contributed by atoms with Crippen LogP contribution in [0, 0.1) is 17.8 Å². The molecule has 1 saturated carbocycles. The van der Waals surface area contributed by atoms with Gasteiger partial charge in [-0.05, 0) is 33.6 Å².